The molecular formula is C21H18N2O. The standard InChI is InChI=1S/C21H18N2O/c1-16-11-12-23(24)21(13-16)19-15-22(14-17-7-3-2-4-8-17)20-10-6-5-9-18(19)20/h2-13,15H,14H2,1H3. The third kappa shape index (κ3) is 2.54. The van der Waals surface area contributed by atoms with Crippen LogP contribution in [-0.2, 0) is 6.54 Å². The average Bonchev–Trinajstić information content (AvgIpc) is 2.97. The first-order valence-corrected chi connectivity index (χ1v) is 8.04. The largest absolute Gasteiger partial charge is 0.618 e. The van der Waals surface area contributed by atoms with Crippen LogP contribution in [0.15, 0.2) is 79.1 Å². The fourth-order valence-corrected chi connectivity index (χ4v) is 3.15. The predicted molar refractivity (Wildman–Crippen MR) is 96.6 cm³/mol. The molecule has 0 unspecified atom stereocenters. The van der Waals surface area contributed by atoms with E-state index in [0.29, 0.717) is 5.69 Å². The van der Waals surface area contributed by atoms with E-state index in [1.54, 1.807) is 6.20 Å². The molecule has 0 saturated carbocycles. The fraction of sp³-hybridized carbons (Fsp3) is 0.0952. The first-order chi connectivity index (χ1) is 11.7. The quantitative estimate of drug-likeness (QED) is 0.410. The van der Waals surface area contributed by atoms with Gasteiger partial charge in [-0.2, -0.15) is 4.73 Å². The molecule has 0 fully saturated rings. The molecule has 0 N–H and O–H groups in total. The number of benzene rings is 2. The number of nitrogens with zero attached hydrogens (tertiary/aromatic N) is 2. The lowest BCUT2D eigenvalue weighted by molar-refractivity contribution is -0.593. The van der Waals surface area contributed by atoms with Gasteiger partial charge in [0.25, 0.3) is 0 Å². The molecule has 0 amide bonds. The predicted octanol–water partition coefficient (Wildman–Crippen LogP) is 4.30. The number of para-hydroxylation sites is 1. The minimum absolute atomic E-state index is 0.693. The molecule has 0 atom stereocenters. The smallest absolute Gasteiger partial charge is 0.226 e. The van der Waals surface area contributed by atoms with Gasteiger partial charge in [-0.15, -0.1) is 0 Å². The third-order valence-electron chi connectivity index (χ3n) is 4.33. The van der Waals surface area contributed by atoms with Crippen molar-refractivity contribution in [2.45, 2.75) is 13.5 Å². The first-order valence-electron chi connectivity index (χ1n) is 8.04. The van der Waals surface area contributed by atoms with Crippen molar-refractivity contribution in [1.82, 2.24) is 4.57 Å². The molecule has 118 valence electrons. The summed E-state index contributed by atoms with van der Waals surface area (Å²) in [6.45, 7) is 2.79. The van der Waals surface area contributed by atoms with Crippen LogP contribution in [0.2, 0.25) is 0 Å². The summed E-state index contributed by atoms with van der Waals surface area (Å²) in [4.78, 5) is 0. The Morgan fingerprint density at radius 3 is 2.54 bits per heavy atom. The topological polar surface area (TPSA) is 31.9 Å². The highest BCUT2D eigenvalue weighted by Crippen LogP contribution is 2.29. The van der Waals surface area contributed by atoms with Gasteiger partial charge in [0.15, 0.2) is 6.20 Å². The average molecular weight is 314 g/mol. The highest BCUT2D eigenvalue weighted by molar-refractivity contribution is 5.94. The van der Waals surface area contributed by atoms with Crippen LogP contribution in [-0.4, -0.2) is 4.57 Å². The van der Waals surface area contributed by atoms with Crippen molar-refractivity contribution in [3.05, 3.63) is 95.5 Å². The number of rotatable bonds is 3. The second-order valence-electron chi connectivity index (χ2n) is 6.09. The highest BCUT2D eigenvalue weighted by Gasteiger charge is 2.16. The molecule has 0 bridgehead atoms. The number of pyridine rings is 1. The van der Waals surface area contributed by atoms with Gasteiger partial charge in [0.2, 0.25) is 5.69 Å². The van der Waals surface area contributed by atoms with Crippen LogP contribution < -0.4 is 4.73 Å². The summed E-state index contributed by atoms with van der Waals surface area (Å²) in [5.74, 6) is 0. The summed E-state index contributed by atoms with van der Waals surface area (Å²) in [6, 6.07) is 22.4. The van der Waals surface area contributed by atoms with Gasteiger partial charge in [-0.25, -0.2) is 0 Å². The van der Waals surface area contributed by atoms with Gasteiger partial charge in [0, 0.05) is 35.8 Å². The van der Waals surface area contributed by atoms with Crippen LogP contribution in [0.3, 0.4) is 0 Å². The Bertz CT molecular complexity index is 1000. The van der Waals surface area contributed by atoms with Gasteiger partial charge < -0.3 is 9.77 Å². The van der Waals surface area contributed by atoms with E-state index in [1.165, 1.54) is 5.56 Å². The summed E-state index contributed by atoms with van der Waals surface area (Å²) < 4.78 is 3.16. The molecule has 0 aliphatic rings. The first kappa shape index (κ1) is 14.5. The number of aryl methyl sites for hydroxylation is 1. The lowest BCUT2D eigenvalue weighted by atomic mass is 10.1. The zero-order valence-electron chi connectivity index (χ0n) is 13.5. The van der Waals surface area contributed by atoms with Crippen LogP contribution in [0.1, 0.15) is 11.1 Å². The maximum Gasteiger partial charge on any atom is 0.226 e. The number of aromatic nitrogens is 2. The number of fused-ring (bicyclic) bond motifs is 1. The summed E-state index contributed by atoms with van der Waals surface area (Å²) in [7, 11) is 0. The summed E-state index contributed by atoms with van der Waals surface area (Å²) in [6.07, 6.45) is 3.66. The molecule has 0 spiro atoms. The van der Waals surface area contributed by atoms with Crippen LogP contribution in [0.4, 0.5) is 0 Å². The van der Waals surface area contributed by atoms with Crippen molar-refractivity contribution in [2.24, 2.45) is 0 Å². The Morgan fingerprint density at radius 1 is 0.958 bits per heavy atom. The minimum Gasteiger partial charge on any atom is -0.618 e. The SMILES string of the molecule is Cc1cc[n+]([O-])c(-c2cn(Cc3ccccc3)c3ccccc23)c1. The molecule has 0 saturated heterocycles. The lowest BCUT2D eigenvalue weighted by Crippen LogP contribution is -2.28. The second kappa shape index (κ2) is 5.85. The van der Waals surface area contributed by atoms with E-state index >= 15 is 0 Å². The van der Waals surface area contributed by atoms with Gasteiger partial charge in [-0.1, -0.05) is 48.5 Å². The van der Waals surface area contributed by atoms with Gasteiger partial charge >= 0.3 is 0 Å². The molecule has 4 rings (SSSR count). The van der Waals surface area contributed by atoms with Gasteiger partial charge in [0.05, 0.1) is 5.56 Å². The van der Waals surface area contributed by atoms with Crippen molar-refractivity contribution < 1.29 is 4.73 Å². The molecule has 2 aromatic carbocycles. The van der Waals surface area contributed by atoms with E-state index in [4.69, 9.17) is 0 Å². The Balaban J connectivity index is 1.90. The van der Waals surface area contributed by atoms with Crippen molar-refractivity contribution in [3.8, 4) is 11.3 Å². The molecule has 0 aliphatic carbocycles. The van der Waals surface area contributed by atoms with Gasteiger partial charge in [-0.3, -0.25) is 0 Å². The zero-order chi connectivity index (χ0) is 16.5. The van der Waals surface area contributed by atoms with Crippen LogP contribution in [0.25, 0.3) is 22.2 Å². The van der Waals surface area contributed by atoms with Crippen molar-refractivity contribution in [3.63, 3.8) is 0 Å². The molecule has 0 radical (unpaired) electrons. The molecule has 0 aliphatic heterocycles. The number of hydrogen-bond acceptors (Lipinski definition) is 1. The summed E-state index contributed by atoms with van der Waals surface area (Å²) in [5, 5.41) is 13.4. The molecule has 2 heterocycles. The zero-order valence-corrected chi connectivity index (χ0v) is 13.5. The minimum atomic E-state index is 0.693. The van der Waals surface area contributed by atoms with E-state index in [-0.39, 0.29) is 0 Å². The fourth-order valence-electron chi connectivity index (χ4n) is 3.15. The Morgan fingerprint density at radius 2 is 1.71 bits per heavy atom. The third-order valence-corrected chi connectivity index (χ3v) is 4.33. The van der Waals surface area contributed by atoms with Gasteiger partial charge in [-0.05, 0) is 24.1 Å². The van der Waals surface area contributed by atoms with E-state index in [1.807, 2.05) is 49.4 Å². The van der Waals surface area contributed by atoms with E-state index in [2.05, 4.69) is 35.0 Å². The Labute approximate surface area is 141 Å². The van der Waals surface area contributed by atoms with Crippen molar-refractivity contribution in [2.75, 3.05) is 0 Å². The Kier molecular flexibility index (Phi) is 3.54. The molecule has 24 heavy (non-hydrogen) atoms. The maximum absolute atomic E-state index is 12.3. The molecule has 3 heteroatoms. The molecule has 2 aromatic heterocycles. The van der Waals surface area contributed by atoms with Crippen LogP contribution >= 0.6 is 0 Å². The highest BCUT2D eigenvalue weighted by atomic mass is 16.5. The monoisotopic (exact) mass is 314 g/mol. The summed E-state index contributed by atoms with van der Waals surface area (Å²) >= 11 is 0. The Hall–Kier alpha value is -3.07. The van der Waals surface area contributed by atoms with E-state index in [9.17, 15) is 5.21 Å². The van der Waals surface area contributed by atoms with Crippen molar-refractivity contribution >= 4 is 10.9 Å². The second-order valence-corrected chi connectivity index (χ2v) is 6.09. The normalized spacial score (nSPS) is 11.0. The van der Waals surface area contributed by atoms with E-state index < -0.39 is 0 Å². The van der Waals surface area contributed by atoms with Crippen molar-refractivity contribution in [1.29, 1.82) is 0 Å². The number of hydrogen-bond donors (Lipinski definition) is 0. The van der Waals surface area contributed by atoms with Crippen LogP contribution in [0, 0.1) is 12.1 Å². The maximum atomic E-state index is 12.3. The summed E-state index contributed by atoms with van der Waals surface area (Å²) in [5.41, 5.74) is 5.12. The molecule has 3 nitrogen and oxygen atoms in total. The van der Waals surface area contributed by atoms with Crippen LogP contribution in [0.5, 0.6) is 0 Å². The van der Waals surface area contributed by atoms with E-state index in [0.717, 1.165) is 33.3 Å². The van der Waals surface area contributed by atoms with Gasteiger partial charge in [0.1, 0.15) is 0 Å². The molecule has 4 aromatic rings. The molecular weight excluding hydrogens is 296 g/mol. The lowest BCUT2D eigenvalue weighted by Gasteiger charge is -2.05.